The van der Waals surface area contributed by atoms with Gasteiger partial charge in [-0.3, -0.25) is 14.9 Å². The minimum Gasteiger partial charge on any atom is -0.387 e. The van der Waals surface area contributed by atoms with E-state index >= 15 is 0 Å². The summed E-state index contributed by atoms with van der Waals surface area (Å²) in [6, 6.07) is 5.74. The molecule has 2 aromatic rings. The molecule has 0 saturated heterocycles. The summed E-state index contributed by atoms with van der Waals surface area (Å²) in [4.78, 5) is 22.3. The van der Waals surface area contributed by atoms with Crippen molar-refractivity contribution >= 4 is 34.5 Å². The fourth-order valence-corrected chi connectivity index (χ4v) is 2.71. The number of aliphatic hydroxyl groups excluding tert-OH is 1. The van der Waals surface area contributed by atoms with Crippen LogP contribution in [0.2, 0.25) is 5.02 Å². The number of nitrogens with one attached hydrogen (secondary N) is 1. The Bertz CT molecular complexity index is 660. The molecule has 1 amide bonds. The molecule has 0 aliphatic rings. The third-order valence-corrected chi connectivity index (χ3v) is 3.82. The van der Waals surface area contributed by atoms with Crippen molar-refractivity contribution < 1.29 is 14.8 Å². The molecule has 2 N–H and O–H groups in total. The maximum absolute atomic E-state index is 12.1. The first-order valence-electron chi connectivity index (χ1n) is 5.92. The number of aliphatic hydroxyl groups is 1. The van der Waals surface area contributed by atoms with Gasteiger partial charge >= 0.3 is 0 Å². The lowest BCUT2D eigenvalue weighted by Gasteiger charge is -2.11. The van der Waals surface area contributed by atoms with Crippen LogP contribution in [0.15, 0.2) is 35.0 Å². The highest BCUT2D eigenvalue weighted by atomic mass is 35.5. The zero-order valence-electron chi connectivity index (χ0n) is 10.7. The average Bonchev–Trinajstić information content (AvgIpc) is 2.98. The second-order valence-corrected chi connectivity index (χ2v) is 5.36. The highest BCUT2D eigenvalue weighted by Gasteiger charge is 2.23. The third-order valence-electron chi connectivity index (χ3n) is 2.80. The highest BCUT2D eigenvalue weighted by Crippen LogP contribution is 2.26. The number of carbonyl (C=O) groups is 1. The van der Waals surface area contributed by atoms with E-state index < -0.39 is 16.9 Å². The van der Waals surface area contributed by atoms with Gasteiger partial charge in [0.15, 0.2) is 0 Å². The van der Waals surface area contributed by atoms with Gasteiger partial charge in [0.25, 0.3) is 11.6 Å². The molecule has 1 unspecified atom stereocenters. The number of hydrogen-bond donors (Lipinski definition) is 2. The fourth-order valence-electron chi connectivity index (χ4n) is 1.75. The van der Waals surface area contributed by atoms with E-state index in [2.05, 4.69) is 5.32 Å². The second kappa shape index (κ2) is 6.66. The van der Waals surface area contributed by atoms with Crippen LogP contribution in [0.25, 0.3) is 0 Å². The van der Waals surface area contributed by atoms with Crippen molar-refractivity contribution in [2.24, 2.45) is 0 Å². The van der Waals surface area contributed by atoms with Crippen molar-refractivity contribution in [2.45, 2.75) is 6.10 Å². The SMILES string of the molecule is O=C(NCC(O)c1ccsc1)c1c(Cl)cccc1[N+](=O)[O-]. The molecule has 0 aliphatic carbocycles. The Hall–Kier alpha value is -1.96. The molecule has 0 saturated carbocycles. The first kappa shape index (κ1) is 15.4. The predicted octanol–water partition coefficient (Wildman–Crippen LogP) is 2.77. The first-order valence-corrected chi connectivity index (χ1v) is 7.24. The molecule has 2 rings (SSSR count). The van der Waals surface area contributed by atoms with Gasteiger partial charge in [0.1, 0.15) is 5.56 Å². The van der Waals surface area contributed by atoms with Crippen molar-refractivity contribution in [3.05, 3.63) is 61.3 Å². The van der Waals surface area contributed by atoms with Gasteiger partial charge in [-0.2, -0.15) is 11.3 Å². The summed E-state index contributed by atoms with van der Waals surface area (Å²) in [7, 11) is 0. The Morgan fingerprint density at radius 3 is 2.86 bits per heavy atom. The molecule has 21 heavy (non-hydrogen) atoms. The van der Waals surface area contributed by atoms with E-state index in [1.807, 2.05) is 0 Å². The maximum Gasteiger partial charge on any atom is 0.283 e. The van der Waals surface area contributed by atoms with Crippen molar-refractivity contribution in [3.63, 3.8) is 0 Å². The van der Waals surface area contributed by atoms with Crippen LogP contribution in [-0.2, 0) is 0 Å². The fraction of sp³-hybridized carbons (Fsp3) is 0.154. The Morgan fingerprint density at radius 2 is 2.24 bits per heavy atom. The van der Waals surface area contributed by atoms with Gasteiger partial charge in [-0.15, -0.1) is 0 Å². The van der Waals surface area contributed by atoms with E-state index in [4.69, 9.17) is 11.6 Å². The second-order valence-electron chi connectivity index (χ2n) is 4.17. The number of nitrogens with zero attached hydrogens (tertiary/aromatic N) is 1. The quantitative estimate of drug-likeness (QED) is 0.652. The normalized spacial score (nSPS) is 11.9. The van der Waals surface area contributed by atoms with Crippen LogP contribution in [0.1, 0.15) is 22.0 Å². The van der Waals surface area contributed by atoms with Crippen LogP contribution in [0.4, 0.5) is 5.69 Å². The van der Waals surface area contributed by atoms with E-state index in [9.17, 15) is 20.0 Å². The maximum atomic E-state index is 12.1. The minimum absolute atomic E-state index is 0.00766. The summed E-state index contributed by atoms with van der Waals surface area (Å²) < 4.78 is 0. The van der Waals surface area contributed by atoms with Crippen LogP contribution in [0, 0.1) is 10.1 Å². The van der Waals surface area contributed by atoms with E-state index in [0.717, 1.165) is 0 Å². The molecule has 6 nitrogen and oxygen atoms in total. The van der Waals surface area contributed by atoms with E-state index in [1.54, 1.807) is 16.8 Å². The number of rotatable bonds is 5. The standard InChI is InChI=1S/C13H11ClN2O4S/c14-9-2-1-3-10(16(19)20)12(9)13(18)15-6-11(17)8-4-5-21-7-8/h1-5,7,11,17H,6H2,(H,15,18). The molecule has 0 fully saturated rings. The first-order chi connectivity index (χ1) is 10.0. The predicted molar refractivity (Wildman–Crippen MR) is 79.7 cm³/mol. The Balaban J connectivity index is 2.12. The van der Waals surface area contributed by atoms with Gasteiger partial charge < -0.3 is 10.4 Å². The molecular formula is C13H11ClN2O4S. The van der Waals surface area contributed by atoms with Gasteiger partial charge in [-0.1, -0.05) is 17.7 Å². The summed E-state index contributed by atoms with van der Waals surface area (Å²) in [5.41, 5.74) is 0.0978. The number of amides is 1. The van der Waals surface area contributed by atoms with Crippen molar-refractivity contribution in [3.8, 4) is 0 Å². The summed E-state index contributed by atoms with van der Waals surface area (Å²) in [6.07, 6.45) is -0.873. The van der Waals surface area contributed by atoms with Gasteiger partial charge in [0.2, 0.25) is 0 Å². The lowest BCUT2D eigenvalue weighted by Crippen LogP contribution is -2.29. The number of nitro benzene ring substituents is 1. The molecule has 0 aliphatic heterocycles. The van der Waals surface area contributed by atoms with Crippen LogP contribution in [0.3, 0.4) is 0 Å². The molecule has 0 spiro atoms. The molecule has 1 heterocycles. The van der Waals surface area contributed by atoms with E-state index in [0.29, 0.717) is 5.56 Å². The molecule has 0 bridgehead atoms. The summed E-state index contributed by atoms with van der Waals surface area (Å²) in [5.74, 6) is -0.693. The number of benzene rings is 1. The number of thiophene rings is 1. The molecule has 1 aromatic carbocycles. The van der Waals surface area contributed by atoms with Crippen LogP contribution in [0.5, 0.6) is 0 Å². The number of halogens is 1. The topological polar surface area (TPSA) is 92.5 Å². The van der Waals surface area contributed by atoms with Crippen LogP contribution < -0.4 is 5.32 Å². The molecule has 110 valence electrons. The minimum atomic E-state index is -0.873. The summed E-state index contributed by atoms with van der Waals surface area (Å²) in [6.45, 7) is -0.0576. The summed E-state index contributed by atoms with van der Waals surface area (Å²) >= 11 is 7.28. The van der Waals surface area contributed by atoms with Gasteiger partial charge in [0, 0.05) is 12.6 Å². The lowest BCUT2D eigenvalue weighted by molar-refractivity contribution is -0.385. The van der Waals surface area contributed by atoms with Gasteiger partial charge in [-0.25, -0.2) is 0 Å². The molecule has 1 aromatic heterocycles. The zero-order valence-corrected chi connectivity index (χ0v) is 12.2. The van der Waals surface area contributed by atoms with Gasteiger partial charge in [0.05, 0.1) is 16.0 Å². The lowest BCUT2D eigenvalue weighted by atomic mass is 10.1. The van der Waals surface area contributed by atoms with Crippen molar-refractivity contribution in [1.82, 2.24) is 5.32 Å². The smallest absolute Gasteiger partial charge is 0.283 e. The van der Waals surface area contributed by atoms with Crippen molar-refractivity contribution in [2.75, 3.05) is 6.54 Å². The molecule has 8 heteroatoms. The Morgan fingerprint density at radius 1 is 1.48 bits per heavy atom. The van der Waals surface area contributed by atoms with E-state index in [1.165, 1.54) is 29.5 Å². The molecular weight excluding hydrogens is 316 g/mol. The Kier molecular flexibility index (Phi) is 4.89. The average molecular weight is 327 g/mol. The van der Waals surface area contributed by atoms with Crippen molar-refractivity contribution in [1.29, 1.82) is 0 Å². The molecule has 0 radical (unpaired) electrons. The number of nitro groups is 1. The largest absolute Gasteiger partial charge is 0.387 e. The number of hydrogen-bond acceptors (Lipinski definition) is 5. The highest BCUT2D eigenvalue weighted by molar-refractivity contribution is 7.07. The van der Waals surface area contributed by atoms with Crippen LogP contribution in [-0.4, -0.2) is 22.5 Å². The van der Waals surface area contributed by atoms with E-state index in [-0.39, 0.29) is 22.8 Å². The Labute approximate surface area is 129 Å². The zero-order chi connectivity index (χ0) is 15.4. The molecule has 1 atom stereocenters. The third kappa shape index (κ3) is 3.57. The monoisotopic (exact) mass is 326 g/mol. The van der Waals surface area contributed by atoms with Crippen LogP contribution >= 0.6 is 22.9 Å². The number of carbonyl (C=O) groups excluding carboxylic acids is 1. The summed E-state index contributed by atoms with van der Waals surface area (Å²) in [5, 5.41) is 26.8. The van der Waals surface area contributed by atoms with Gasteiger partial charge in [-0.05, 0) is 28.5 Å².